The maximum absolute atomic E-state index is 11.9. The van der Waals surface area contributed by atoms with E-state index in [1.165, 1.54) is 19.1 Å². The summed E-state index contributed by atoms with van der Waals surface area (Å²) in [6.07, 6.45) is -0.992. The van der Waals surface area contributed by atoms with Crippen LogP contribution in [-0.4, -0.2) is 17.2 Å². The summed E-state index contributed by atoms with van der Waals surface area (Å²) in [4.78, 5) is 22.8. The molecular weight excluding hydrogens is 308 g/mol. The Hall–Kier alpha value is -3.08. The fourth-order valence-electron chi connectivity index (χ4n) is 2.57. The van der Waals surface area contributed by atoms with Crippen LogP contribution in [0, 0.1) is 6.92 Å². The predicted octanol–water partition coefficient (Wildman–Crippen LogP) is 3.62. The largest absolute Gasteiger partial charge is 0.479 e. The van der Waals surface area contributed by atoms with Crippen molar-refractivity contribution in [3.05, 3.63) is 64.5 Å². The van der Waals surface area contributed by atoms with Gasteiger partial charge >= 0.3 is 11.6 Å². The second-order valence-corrected chi connectivity index (χ2v) is 5.55. The van der Waals surface area contributed by atoms with Crippen molar-refractivity contribution < 1.29 is 19.1 Å². The highest BCUT2D eigenvalue weighted by atomic mass is 16.5. The summed E-state index contributed by atoms with van der Waals surface area (Å²) in [6.45, 7) is 3.41. The number of ether oxygens (including phenoxy) is 1. The van der Waals surface area contributed by atoms with Crippen LogP contribution >= 0.6 is 0 Å². The molecule has 0 saturated heterocycles. The number of hydrogen-bond acceptors (Lipinski definition) is 4. The quantitative estimate of drug-likeness (QED) is 0.742. The van der Waals surface area contributed by atoms with Crippen LogP contribution in [0.5, 0.6) is 5.75 Å². The molecule has 1 atom stereocenters. The van der Waals surface area contributed by atoms with Crippen LogP contribution in [0.1, 0.15) is 12.5 Å². The second-order valence-electron chi connectivity index (χ2n) is 5.55. The molecule has 1 heterocycles. The van der Waals surface area contributed by atoms with E-state index in [2.05, 4.69) is 0 Å². The standard InChI is InChI=1S/C19H16O5/c1-11-5-3-4-6-14(11)16-10-18(20)24-17-9-13(7-8-15(16)17)23-12(2)19(21)22/h3-10,12H,1-2H3,(H,21,22). The van der Waals surface area contributed by atoms with Gasteiger partial charge in [0.2, 0.25) is 0 Å². The molecule has 1 unspecified atom stereocenters. The van der Waals surface area contributed by atoms with Crippen LogP contribution in [0.15, 0.2) is 57.7 Å². The number of carbonyl (C=O) groups is 1. The predicted molar refractivity (Wildman–Crippen MR) is 90.4 cm³/mol. The molecule has 1 N–H and O–H groups in total. The van der Waals surface area contributed by atoms with E-state index in [1.807, 2.05) is 31.2 Å². The third-order valence-electron chi connectivity index (χ3n) is 3.81. The molecule has 0 radical (unpaired) electrons. The number of carboxylic acid groups (broad SMARTS) is 1. The first-order valence-electron chi connectivity index (χ1n) is 7.49. The molecule has 0 saturated carbocycles. The minimum absolute atomic E-state index is 0.336. The lowest BCUT2D eigenvalue weighted by atomic mass is 9.98. The highest BCUT2D eigenvalue weighted by Gasteiger charge is 2.15. The van der Waals surface area contributed by atoms with E-state index in [-0.39, 0.29) is 0 Å². The molecule has 0 aliphatic heterocycles. The van der Waals surface area contributed by atoms with E-state index in [4.69, 9.17) is 14.3 Å². The first-order valence-corrected chi connectivity index (χ1v) is 7.49. The number of fused-ring (bicyclic) bond motifs is 1. The van der Waals surface area contributed by atoms with Crippen molar-refractivity contribution >= 4 is 16.9 Å². The number of hydrogen-bond donors (Lipinski definition) is 1. The summed E-state index contributed by atoms with van der Waals surface area (Å²) in [7, 11) is 0. The van der Waals surface area contributed by atoms with Crippen molar-refractivity contribution in [1.29, 1.82) is 0 Å². The molecule has 2 aromatic carbocycles. The zero-order chi connectivity index (χ0) is 17.3. The molecule has 24 heavy (non-hydrogen) atoms. The fraction of sp³-hybridized carbons (Fsp3) is 0.158. The Kier molecular flexibility index (Phi) is 4.08. The molecule has 0 fully saturated rings. The summed E-state index contributed by atoms with van der Waals surface area (Å²) in [5, 5.41) is 9.69. The molecule has 3 rings (SSSR count). The molecular formula is C19H16O5. The zero-order valence-electron chi connectivity index (χ0n) is 13.3. The minimum atomic E-state index is -1.06. The molecule has 3 aromatic rings. The van der Waals surface area contributed by atoms with Crippen LogP contribution < -0.4 is 10.4 Å². The number of rotatable bonds is 4. The molecule has 0 bridgehead atoms. The second kappa shape index (κ2) is 6.20. The Balaban J connectivity index is 2.14. The Morgan fingerprint density at radius 2 is 1.88 bits per heavy atom. The van der Waals surface area contributed by atoms with Crippen molar-refractivity contribution in [2.45, 2.75) is 20.0 Å². The molecule has 0 aliphatic carbocycles. The first-order chi connectivity index (χ1) is 11.5. The minimum Gasteiger partial charge on any atom is -0.479 e. The van der Waals surface area contributed by atoms with Gasteiger partial charge in [-0.1, -0.05) is 24.3 Å². The molecule has 0 amide bonds. The SMILES string of the molecule is Cc1ccccc1-c1cc(=O)oc2cc(OC(C)C(=O)O)ccc12. The number of benzene rings is 2. The maximum Gasteiger partial charge on any atom is 0.344 e. The van der Waals surface area contributed by atoms with E-state index >= 15 is 0 Å². The van der Waals surface area contributed by atoms with Crippen LogP contribution in [0.3, 0.4) is 0 Å². The summed E-state index contributed by atoms with van der Waals surface area (Å²) in [5.41, 5.74) is 2.66. The van der Waals surface area contributed by atoms with Gasteiger partial charge in [0.15, 0.2) is 6.10 Å². The van der Waals surface area contributed by atoms with E-state index in [1.54, 1.807) is 12.1 Å². The average Bonchev–Trinajstić information content (AvgIpc) is 2.54. The summed E-state index contributed by atoms with van der Waals surface area (Å²) in [5.74, 6) is -0.729. The van der Waals surface area contributed by atoms with Gasteiger partial charge in [-0.3, -0.25) is 0 Å². The Morgan fingerprint density at radius 1 is 1.12 bits per heavy atom. The highest BCUT2D eigenvalue weighted by molar-refractivity contribution is 5.94. The monoisotopic (exact) mass is 324 g/mol. The summed E-state index contributed by atoms with van der Waals surface area (Å²) < 4.78 is 10.6. The van der Waals surface area contributed by atoms with Gasteiger partial charge in [-0.15, -0.1) is 0 Å². The Labute approximate surface area is 138 Å². The lowest BCUT2D eigenvalue weighted by Crippen LogP contribution is -2.22. The zero-order valence-corrected chi connectivity index (χ0v) is 13.3. The topological polar surface area (TPSA) is 76.7 Å². The number of aryl methyl sites for hydroxylation is 1. The van der Waals surface area contributed by atoms with Crippen LogP contribution in [0.25, 0.3) is 22.1 Å². The maximum atomic E-state index is 11.9. The van der Waals surface area contributed by atoms with E-state index in [9.17, 15) is 9.59 Å². The first kappa shape index (κ1) is 15.8. The van der Waals surface area contributed by atoms with Gasteiger partial charge in [0.05, 0.1) is 0 Å². The van der Waals surface area contributed by atoms with Crippen molar-refractivity contribution in [3.8, 4) is 16.9 Å². The number of aliphatic carboxylic acids is 1. The lowest BCUT2D eigenvalue weighted by molar-refractivity contribution is -0.144. The molecule has 0 aliphatic rings. The van der Waals surface area contributed by atoms with Gasteiger partial charge in [0.25, 0.3) is 0 Å². The average molecular weight is 324 g/mol. The van der Waals surface area contributed by atoms with Crippen molar-refractivity contribution in [2.75, 3.05) is 0 Å². The van der Waals surface area contributed by atoms with Crippen LogP contribution in [-0.2, 0) is 4.79 Å². The van der Waals surface area contributed by atoms with Crippen molar-refractivity contribution in [1.82, 2.24) is 0 Å². The van der Waals surface area contributed by atoms with E-state index in [0.29, 0.717) is 11.3 Å². The smallest absolute Gasteiger partial charge is 0.344 e. The summed E-state index contributed by atoms with van der Waals surface area (Å²) >= 11 is 0. The molecule has 5 heteroatoms. The van der Waals surface area contributed by atoms with Gasteiger partial charge in [-0.2, -0.15) is 0 Å². The van der Waals surface area contributed by atoms with Gasteiger partial charge < -0.3 is 14.3 Å². The Morgan fingerprint density at radius 3 is 2.58 bits per heavy atom. The van der Waals surface area contributed by atoms with E-state index < -0.39 is 17.7 Å². The van der Waals surface area contributed by atoms with Crippen molar-refractivity contribution in [3.63, 3.8) is 0 Å². The molecule has 0 spiro atoms. The van der Waals surface area contributed by atoms with Gasteiger partial charge in [0, 0.05) is 23.1 Å². The fourth-order valence-corrected chi connectivity index (χ4v) is 2.57. The Bertz CT molecular complexity index is 971. The van der Waals surface area contributed by atoms with E-state index in [0.717, 1.165) is 22.1 Å². The highest BCUT2D eigenvalue weighted by Crippen LogP contribution is 2.31. The lowest BCUT2D eigenvalue weighted by Gasteiger charge is -2.12. The third-order valence-corrected chi connectivity index (χ3v) is 3.81. The van der Waals surface area contributed by atoms with Gasteiger partial charge in [0.1, 0.15) is 11.3 Å². The van der Waals surface area contributed by atoms with Crippen LogP contribution in [0.4, 0.5) is 0 Å². The van der Waals surface area contributed by atoms with Gasteiger partial charge in [-0.25, -0.2) is 9.59 Å². The normalized spacial score (nSPS) is 12.1. The third kappa shape index (κ3) is 3.01. The van der Waals surface area contributed by atoms with Gasteiger partial charge in [-0.05, 0) is 37.1 Å². The molecule has 122 valence electrons. The molecule has 1 aromatic heterocycles. The van der Waals surface area contributed by atoms with Crippen molar-refractivity contribution in [2.24, 2.45) is 0 Å². The summed E-state index contributed by atoms with van der Waals surface area (Å²) in [6, 6.07) is 14.2. The van der Waals surface area contributed by atoms with Crippen LogP contribution in [0.2, 0.25) is 0 Å². The molecule has 5 nitrogen and oxygen atoms in total. The number of carboxylic acids is 1.